The molecule has 1 amide bonds. The first kappa shape index (κ1) is 14.4. The fourth-order valence-electron chi connectivity index (χ4n) is 3.55. The van der Waals surface area contributed by atoms with E-state index in [1.807, 2.05) is 4.90 Å². The second-order valence-corrected chi connectivity index (χ2v) is 6.60. The number of amides is 1. The lowest BCUT2D eigenvalue weighted by molar-refractivity contribution is -0.144. The second kappa shape index (κ2) is 5.94. The lowest BCUT2D eigenvalue weighted by atomic mass is 9.79. The fraction of sp³-hybridized carbons (Fsp3) is 0.875. The predicted octanol–water partition coefficient (Wildman–Crippen LogP) is 3.50. The van der Waals surface area contributed by atoms with E-state index in [2.05, 4.69) is 19.9 Å². The van der Waals surface area contributed by atoms with Gasteiger partial charge in [0.25, 0.3) is 0 Å². The number of piperidine rings is 1. The van der Waals surface area contributed by atoms with Crippen molar-refractivity contribution in [3.63, 3.8) is 0 Å². The van der Waals surface area contributed by atoms with Gasteiger partial charge in [-0.2, -0.15) is 5.26 Å². The van der Waals surface area contributed by atoms with Crippen LogP contribution < -0.4 is 0 Å². The van der Waals surface area contributed by atoms with E-state index in [1.165, 1.54) is 19.3 Å². The molecule has 0 aromatic carbocycles. The van der Waals surface area contributed by atoms with Crippen LogP contribution in [0.4, 0.5) is 0 Å². The SMILES string of the molecule is CC1CCC(C)N(C(=O)C2(C#N)CCCCCC2)C1. The predicted molar refractivity (Wildman–Crippen MR) is 75.3 cm³/mol. The van der Waals surface area contributed by atoms with E-state index >= 15 is 0 Å². The van der Waals surface area contributed by atoms with Gasteiger partial charge >= 0.3 is 0 Å². The van der Waals surface area contributed by atoms with Gasteiger partial charge < -0.3 is 4.90 Å². The first-order valence-electron chi connectivity index (χ1n) is 7.81. The molecule has 2 aliphatic rings. The summed E-state index contributed by atoms with van der Waals surface area (Å²) in [5.41, 5.74) is -0.720. The first-order valence-corrected chi connectivity index (χ1v) is 7.81. The molecular formula is C16H26N2O. The second-order valence-electron chi connectivity index (χ2n) is 6.60. The Morgan fingerprint density at radius 1 is 1.16 bits per heavy atom. The molecule has 106 valence electrons. The molecule has 3 heteroatoms. The maximum Gasteiger partial charge on any atom is 0.243 e. The van der Waals surface area contributed by atoms with Crippen molar-refractivity contribution >= 4 is 5.91 Å². The zero-order chi connectivity index (χ0) is 13.9. The Morgan fingerprint density at radius 2 is 1.79 bits per heavy atom. The minimum absolute atomic E-state index is 0.121. The van der Waals surface area contributed by atoms with E-state index in [-0.39, 0.29) is 5.91 Å². The summed E-state index contributed by atoms with van der Waals surface area (Å²) in [5, 5.41) is 9.62. The lowest BCUT2D eigenvalue weighted by Crippen LogP contribution is -2.51. The van der Waals surface area contributed by atoms with Crippen LogP contribution in [0.2, 0.25) is 0 Å². The van der Waals surface area contributed by atoms with Crippen molar-refractivity contribution in [2.75, 3.05) is 6.54 Å². The highest BCUT2D eigenvalue weighted by Gasteiger charge is 2.43. The molecule has 1 heterocycles. The number of rotatable bonds is 1. The maximum absolute atomic E-state index is 12.9. The summed E-state index contributed by atoms with van der Waals surface area (Å²) >= 11 is 0. The normalized spacial score (nSPS) is 31.3. The van der Waals surface area contributed by atoms with Crippen molar-refractivity contribution in [2.24, 2.45) is 11.3 Å². The van der Waals surface area contributed by atoms with Crippen molar-refractivity contribution in [2.45, 2.75) is 71.3 Å². The highest BCUT2D eigenvalue weighted by molar-refractivity contribution is 5.86. The van der Waals surface area contributed by atoms with Crippen LogP contribution in [0.1, 0.15) is 65.2 Å². The Bertz CT molecular complexity index is 363. The molecule has 1 saturated carbocycles. The third-order valence-corrected chi connectivity index (χ3v) is 4.96. The topological polar surface area (TPSA) is 44.1 Å². The van der Waals surface area contributed by atoms with E-state index in [9.17, 15) is 10.1 Å². The average Bonchev–Trinajstić information content (AvgIpc) is 2.67. The average molecular weight is 262 g/mol. The summed E-state index contributed by atoms with van der Waals surface area (Å²) < 4.78 is 0. The zero-order valence-electron chi connectivity index (χ0n) is 12.3. The molecule has 0 aromatic heterocycles. The van der Waals surface area contributed by atoms with Gasteiger partial charge in [0.2, 0.25) is 5.91 Å². The van der Waals surface area contributed by atoms with Crippen molar-refractivity contribution < 1.29 is 4.79 Å². The number of carbonyl (C=O) groups is 1. The lowest BCUT2D eigenvalue weighted by Gasteiger charge is -2.41. The molecule has 19 heavy (non-hydrogen) atoms. The van der Waals surface area contributed by atoms with Gasteiger partial charge in [-0.25, -0.2) is 0 Å². The van der Waals surface area contributed by atoms with Crippen LogP contribution in [0.25, 0.3) is 0 Å². The zero-order valence-corrected chi connectivity index (χ0v) is 12.3. The smallest absolute Gasteiger partial charge is 0.243 e. The summed E-state index contributed by atoms with van der Waals surface area (Å²) in [6, 6.07) is 2.70. The molecule has 1 saturated heterocycles. The Hall–Kier alpha value is -1.04. The number of hydrogen-bond donors (Lipinski definition) is 0. The van der Waals surface area contributed by atoms with Crippen molar-refractivity contribution in [1.29, 1.82) is 5.26 Å². The molecule has 2 fully saturated rings. The highest BCUT2D eigenvalue weighted by atomic mass is 16.2. The molecule has 2 unspecified atom stereocenters. The standard InChI is InChI=1S/C16H26N2O/c1-13-7-8-14(2)18(11-13)15(19)16(12-17)9-5-3-4-6-10-16/h13-14H,3-11H2,1-2H3. The summed E-state index contributed by atoms with van der Waals surface area (Å²) in [5.74, 6) is 0.692. The molecule has 0 N–H and O–H groups in total. The van der Waals surface area contributed by atoms with E-state index in [1.54, 1.807) is 0 Å². The number of hydrogen-bond acceptors (Lipinski definition) is 2. The van der Waals surface area contributed by atoms with Gasteiger partial charge in [0.05, 0.1) is 6.07 Å². The largest absolute Gasteiger partial charge is 0.338 e. The van der Waals surface area contributed by atoms with E-state index in [0.29, 0.717) is 12.0 Å². The highest BCUT2D eigenvalue weighted by Crippen LogP contribution is 2.38. The van der Waals surface area contributed by atoms with Gasteiger partial charge in [-0.3, -0.25) is 4.79 Å². The van der Waals surface area contributed by atoms with Crippen molar-refractivity contribution in [3.8, 4) is 6.07 Å². The molecule has 0 spiro atoms. The molecule has 0 aromatic rings. The van der Waals surface area contributed by atoms with Crippen LogP contribution in [0.5, 0.6) is 0 Å². The van der Waals surface area contributed by atoms with Gasteiger partial charge in [-0.05, 0) is 38.5 Å². The van der Waals surface area contributed by atoms with Gasteiger partial charge in [0, 0.05) is 12.6 Å². The molecule has 2 rings (SSSR count). The Morgan fingerprint density at radius 3 is 2.37 bits per heavy atom. The molecule has 0 bridgehead atoms. The molecule has 1 aliphatic carbocycles. The number of likely N-dealkylation sites (tertiary alicyclic amines) is 1. The maximum atomic E-state index is 12.9. The van der Waals surface area contributed by atoms with E-state index in [0.717, 1.165) is 38.6 Å². The van der Waals surface area contributed by atoms with Crippen LogP contribution in [-0.2, 0) is 4.79 Å². The van der Waals surface area contributed by atoms with Crippen LogP contribution in [-0.4, -0.2) is 23.4 Å². The van der Waals surface area contributed by atoms with Crippen LogP contribution in [0, 0.1) is 22.7 Å². The third-order valence-electron chi connectivity index (χ3n) is 4.96. The number of nitriles is 1. The van der Waals surface area contributed by atoms with Crippen LogP contribution in [0.3, 0.4) is 0 Å². The van der Waals surface area contributed by atoms with Gasteiger partial charge in [0.15, 0.2) is 0 Å². The van der Waals surface area contributed by atoms with Crippen LogP contribution in [0.15, 0.2) is 0 Å². The number of nitrogens with zero attached hydrogens (tertiary/aromatic N) is 2. The van der Waals surface area contributed by atoms with Crippen molar-refractivity contribution in [3.05, 3.63) is 0 Å². The molecule has 3 nitrogen and oxygen atoms in total. The van der Waals surface area contributed by atoms with Gasteiger partial charge in [-0.15, -0.1) is 0 Å². The first-order chi connectivity index (χ1) is 9.09. The molecule has 1 aliphatic heterocycles. The van der Waals surface area contributed by atoms with Gasteiger partial charge in [0.1, 0.15) is 5.41 Å². The Kier molecular flexibility index (Phi) is 4.50. The van der Waals surface area contributed by atoms with E-state index in [4.69, 9.17) is 0 Å². The molecule has 2 atom stereocenters. The van der Waals surface area contributed by atoms with Crippen LogP contribution >= 0.6 is 0 Å². The minimum Gasteiger partial charge on any atom is -0.338 e. The monoisotopic (exact) mass is 262 g/mol. The summed E-state index contributed by atoms with van der Waals surface area (Å²) in [6.45, 7) is 5.17. The van der Waals surface area contributed by atoms with Crippen molar-refractivity contribution in [1.82, 2.24) is 4.90 Å². The quantitative estimate of drug-likeness (QED) is 0.679. The summed E-state index contributed by atoms with van der Waals surface area (Å²) in [6.07, 6.45) is 8.19. The van der Waals surface area contributed by atoms with E-state index < -0.39 is 5.41 Å². The Balaban J connectivity index is 2.17. The number of carbonyl (C=O) groups excluding carboxylic acids is 1. The molecule has 0 radical (unpaired) electrons. The summed E-state index contributed by atoms with van der Waals surface area (Å²) in [4.78, 5) is 14.9. The van der Waals surface area contributed by atoms with Gasteiger partial charge in [-0.1, -0.05) is 32.6 Å². The fourth-order valence-corrected chi connectivity index (χ4v) is 3.55. The molecular weight excluding hydrogens is 236 g/mol. The minimum atomic E-state index is -0.720. The summed E-state index contributed by atoms with van der Waals surface area (Å²) in [7, 11) is 0. The Labute approximate surface area is 117 Å². The third kappa shape index (κ3) is 2.94.